The van der Waals surface area contributed by atoms with E-state index in [2.05, 4.69) is 15.3 Å². The maximum absolute atomic E-state index is 12.2. The highest BCUT2D eigenvalue weighted by atomic mass is 32.1. The summed E-state index contributed by atoms with van der Waals surface area (Å²) in [5.41, 5.74) is 3.08. The Labute approximate surface area is 166 Å². The fourth-order valence-corrected chi connectivity index (χ4v) is 3.09. The Kier molecular flexibility index (Phi) is 6.33. The van der Waals surface area contributed by atoms with E-state index in [-0.39, 0.29) is 11.4 Å². The van der Waals surface area contributed by atoms with Gasteiger partial charge in [0.1, 0.15) is 5.56 Å². The first-order chi connectivity index (χ1) is 13.6. The second kappa shape index (κ2) is 9.09. The van der Waals surface area contributed by atoms with Gasteiger partial charge in [-0.2, -0.15) is 0 Å². The van der Waals surface area contributed by atoms with Crippen LogP contribution in [0.2, 0.25) is 0 Å². The van der Waals surface area contributed by atoms with Crippen molar-refractivity contribution in [1.82, 2.24) is 9.97 Å². The average molecular weight is 397 g/mol. The Bertz CT molecular complexity index is 970. The lowest BCUT2D eigenvalue weighted by Crippen LogP contribution is -2.21. The van der Waals surface area contributed by atoms with Crippen molar-refractivity contribution in [2.24, 2.45) is 0 Å². The van der Waals surface area contributed by atoms with Gasteiger partial charge in [0.2, 0.25) is 5.88 Å². The van der Waals surface area contributed by atoms with Gasteiger partial charge in [-0.25, -0.2) is 14.8 Å². The van der Waals surface area contributed by atoms with E-state index in [0.29, 0.717) is 11.7 Å². The van der Waals surface area contributed by atoms with Crippen molar-refractivity contribution < 1.29 is 19.1 Å². The van der Waals surface area contributed by atoms with Crippen LogP contribution in [-0.4, -0.2) is 35.1 Å². The molecule has 1 N–H and O–H groups in total. The molecule has 0 aliphatic rings. The molecular weight excluding hydrogens is 378 g/mol. The number of carbonyl (C=O) groups excluding carboxylic acids is 2. The molecule has 0 atom stereocenters. The second-order valence-electron chi connectivity index (χ2n) is 5.82. The standard InChI is InChI=1S/C20H19N3O4S/c1-3-26-18-15(5-4-10-21-18)19(25)27-11-17(24)23-20-22-16(12-28-20)14-8-6-13(2)7-9-14/h4-10,12H,3,11H2,1-2H3,(H,22,23,24). The molecular formula is C20H19N3O4S. The molecule has 2 aromatic heterocycles. The molecule has 0 saturated heterocycles. The Morgan fingerprint density at radius 1 is 1.18 bits per heavy atom. The number of aryl methyl sites for hydroxylation is 1. The van der Waals surface area contributed by atoms with Crippen LogP contribution in [0.5, 0.6) is 5.88 Å². The summed E-state index contributed by atoms with van der Waals surface area (Å²) in [6.07, 6.45) is 1.52. The van der Waals surface area contributed by atoms with Crippen LogP contribution in [-0.2, 0) is 9.53 Å². The molecule has 3 aromatic rings. The summed E-state index contributed by atoms with van der Waals surface area (Å²) in [7, 11) is 0. The fourth-order valence-electron chi connectivity index (χ4n) is 2.35. The molecule has 3 rings (SSSR count). The summed E-state index contributed by atoms with van der Waals surface area (Å²) in [4.78, 5) is 32.6. The highest BCUT2D eigenvalue weighted by molar-refractivity contribution is 7.14. The van der Waals surface area contributed by atoms with E-state index >= 15 is 0 Å². The van der Waals surface area contributed by atoms with E-state index < -0.39 is 18.5 Å². The van der Waals surface area contributed by atoms with Crippen molar-refractivity contribution in [3.8, 4) is 17.1 Å². The number of pyridine rings is 1. The van der Waals surface area contributed by atoms with E-state index in [9.17, 15) is 9.59 Å². The first-order valence-corrected chi connectivity index (χ1v) is 9.52. The van der Waals surface area contributed by atoms with Gasteiger partial charge in [0.05, 0.1) is 12.3 Å². The number of anilines is 1. The number of carbonyl (C=O) groups is 2. The van der Waals surface area contributed by atoms with E-state index in [1.54, 1.807) is 13.0 Å². The van der Waals surface area contributed by atoms with Gasteiger partial charge in [0.15, 0.2) is 11.7 Å². The lowest BCUT2D eigenvalue weighted by molar-refractivity contribution is -0.119. The molecule has 0 spiro atoms. The van der Waals surface area contributed by atoms with Gasteiger partial charge in [0, 0.05) is 17.1 Å². The predicted octanol–water partition coefficient (Wildman–Crippen LogP) is 3.71. The molecule has 0 unspecified atom stereocenters. The number of benzene rings is 1. The lowest BCUT2D eigenvalue weighted by Gasteiger charge is -2.08. The summed E-state index contributed by atoms with van der Waals surface area (Å²) in [6, 6.07) is 11.1. The molecule has 1 aromatic carbocycles. The summed E-state index contributed by atoms with van der Waals surface area (Å²) in [5.74, 6) is -0.968. The Balaban J connectivity index is 1.56. The number of ether oxygens (including phenoxy) is 2. The van der Waals surface area contributed by atoms with E-state index in [4.69, 9.17) is 9.47 Å². The van der Waals surface area contributed by atoms with Crippen LogP contribution in [0.15, 0.2) is 48.0 Å². The van der Waals surface area contributed by atoms with Crippen LogP contribution < -0.4 is 10.1 Å². The Morgan fingerprint density at radius 3 is 2.71 bits per heavy atom. The van der Waals surface area contributed by atoms with Gasteiger partial charge >= 0.3 is 5.97 Å². The first kappa shape index (κ1) is 19.5. The van der Waals surface area contributed by atoms with Gasteiger partial charge in [-0.1, -0.05) is 29.8 Å². The molecule has 7 nitrogen and oxygen atoms in total. The van der Waals surface area contributed by atoms with Crippen LogP contribution >= 0.6 is 11.3 Å². The quantitative estimate of drug-likeness (QED) is 0.611. The fraction of sp³-hybridized carbons (Fsp3) is 0.200. The molecule has 0 aliphatic carbocycles. The minimum atomic E-state index is -0.675. The number of amides is 1. The van der Waals surface area contributed by atoms with Crippen molar-refractivity contribution in [3.63, 3.8) is 0 Å². The normalized spacial score (nSPS) is 10.4. The van der Waals surface area contributed by atoms with Crippen LogP contribution in [0.4, 0.5) is 5.13 Å². The summed E-state index contributed by atoms with van der Waals surface area (Å²) < 4.78 is 10.4. The number of nitrogens with one attached hydrogen (secondary N) is 1. The number of hydrogen-bond acceptors (Lipinski definition) is 7. The zero-order chi connectivity index (χ0) is 19.9. The monoisotopic (exact) mass is 397 g/mol. The minimum absolute atomic E-state index is 0.174. The van der Waals surface area contributed by atoms with Gasteiger partial charge < -0.3 is 9.47 Å². The van der Waals surface area contributed by atoms with Crippen LogP contribution in [0.25, 0.3) is 11.3 Å². The topological polar surface area (TPSA) is 90.4 Å². The average Bonchev–Trinajstić information content (AvgIpc) is 3.16. The predicted molar refractivity (Wildman–Crippen MR) is 107 cm³/mol. The van der Waals surface area contributed by atoms with Crippen LogP contribution in [0.1, 0.15) is 22.8 Å². The van der Waals surface area contributed by atoms with Gasteiger partial charge in [-0.3, -0.25) is 10.1 Å². The van der Waals surface area contributed by atoms with Crippen molar-refractivity contribution in [3.05, 3.63) is 59.1 Å². The molecule has 28 heavy (non-hydrogen) atoms. The largest absolute Gasteiger partial charge is 0.477 e. The number of esters is 1. The molecule has 0 radical (unpaired) electrons. The molecule has 0 fully saturated rings. The van der Waals surface area contributed by atoms with Crippen molar-refractivity contribution >= 4 is 28.3 Å². The van der Waals surface area contributed by atoms with Gasteiger partial charge in [-0.15, -0.1) is 11.3 Å². The maximum atomic E-state index is 12.2. The summed E-state index contributed by atoms with van der Waals surface area (Å²) in [5, 5.41) is 4.93. The number of nitrogens with zero attached hydrogens (tertiary/aromatic N) is 2. The van der Waals surface area contributed by atoms with E-state index in [1.807, 2.05) is 36.6 Å². The third-order valence-corrected chi connectivity index (χ3v) is 4.46. The second-order valence-corrected chi connectivity index (χ2v) is 6.68. The first-order valence-electron chi connectivity index (χ1n) is 8.64. The number of aromatic nitrogens is 2. The zero-order valence-corrected chi connectivity index (χ0v) is 16.3. The smallest absolute Gasteiger partial charge is 0.344 e. The number of rotatable bonds is 7. The van der Waals surface area contributed by atoms with Crippen LogP contribution in [0.3, 0.4) is 0 Å². The maximum Gasteiger partial charge on any atom is 0.344 e. The molecule has 144 valence electrons. The third kappa shape index (κ3) is 4.92. The molecule has 1 amide bonds. The van der Waals surface area contributed by atoms with E-state index in [0.717, 1.165) is 16.8 Å². The van der Waals surface area contributed by atoms with Crippen molar-refractivity contribution in [1.29, 1.82) is 0 Å². The molecule has 0 saturated carbocycles. The van der Waals surface area contributed by atoms with Crippen LogP contribution in [0, 0.1) is 6.92 Å². The lowest BCUT2D eigenvalue weighted by atomic mass is 10.1. The number of hydrogen-bond donors (Lipinski definition) is 1. The van der Waals surface area contributed by atoms with Crippen molar-refractivity contribution in [2.45, 2.75) is 13.8 Å². The SMILES string of the molecule is CCOc1ncccc1C(=O)OCC(=O)Nc1nc(-c2ccc(C)cc2)cs1. The molecule has 8 heteroatoms. The summed E-state index contributed by atoms with van der Waals surface area (Å²) in [6.45, 7) is 3.74. The number of thiazole rings is 1. The third-order valence-electron chi connectivity index (χ3n) is 3.70. The van der Waals surface area contributed by atoms with Gasteiger partial charge in [0.25, 0.3) is 5.91 Å². The molecule has 0 aliphatic heterocycles. The molecule has 2 heterocycles. The zero-order valence-electron chi connectivity index (χ0n) is 15.5. The highest BCUT2D eigenvalue weighted by Crippen LogP contribution is 2.25. The van der Waals surface area contributed by atoms with Gasteiger partial charge in [-0.05, 0) is 26.0 Å². The Hall–Kier alpha value is -3.26. The highest BCUT2D eigenvalue weighted by Gasteiger charge is 2.17. The Morgan fingerprint density at radius 2 is 1.96 bits per heavy atom. The van der Waals surface area contributed by atoms with E-state index in [1.165, 1.54) is 23.6 Å². The summed E-state index contributed by atoms with van der Waals surface area (Å²) >= 11 is 1.30. The molecule has 0 bridgehead atoms. The minimum Gasteiger partial charge on any atom is -0.477 e. The van der Waals surface area contributed by atoms with Crippen molar-refractivity contribution in [2.75, 3.05) is 18.5 Å².